The van der Waals surface area contributed by atoms with Gasteiger partial charge in [-0.15, -0.1) is 0 Å². The molecule has 0 heterocycles. The number of hydrogen-bond acceptors (Lipinski definition) is 6. The van der Waals surface area contributed by atoms with Crippen molar-refractivity contribution in [3.63, 3.8) is 0 Å². The molecule has 0 aliphatic rings. The monoisotopic (exact) mass is 594 g/mol. The molecule has 0 spiro atoms. The number of rotatable bonds is 12. The molecule has 0 aliphatic carbocycles. The Morgan fingerprint density at radius 1 is 0.556 bits per heavy atom. The van der Waals surface area contributed by atoms with Crippen LogP contribution in [0.1, 0.15) is 36.6 Å². The molecular formula is C39H30O6. The number of benzene rings is 5. The minimum atomic E-state index is -0.475. The summed E-state index contributed by atoms with van der Waals surface area (Å²) in [5.41, 5.74) is 6.13. The zero-order chi connectivity index (χ0) is 31.8. The normalized spacial score (nSPS) is 10.4. The lowest BCUT2D eigenvalue weighted by molar-refractivity contribution is 0.0733. The summed E-state index contributed by atoms with van der Waals surface area (Å²) in [5, 5.41) is 0. The Labute approximate surface area is 261 Å². The van der Waals surface area contributed by atoms with Crippen molar-refractivity contribution >= 4 is 17.5 Å². The summed E-state index contributed by atoms with van der Waals surface area (Å²) in [5.74, 6) is 0.901. The molecule has 6 nitrogen and oxygen atoms in total. The van der Waals surface area contributed by atoms with Crippen LogP contribution in [-0.2, 0) is 0 Å². The van der Waals surface area contributed by atoms with Crippen LogP contribution >= 0.6 is 0 Å². The third-order valence-electron chi connectivity index (χ3n) is 7.16. The molecule has 0 N–H and O–H groups in total. The first-order valence-corrected chi connectivity index (χ1v) is 14.2. The van der Waals surface area contributed by atoms with Gasteiger partial charge in [-0.1, -0.05) is 86.0 Å². The molecule has 0 atom stereocenters. The maximum Gasteiger partial charge on any atom is 0.343 e. The Bertz CT molecular complexity index is 1850. The van der Waals surface area contributed by atoms with Crippen molar-refractivity contribution in [2.45, 2.75) is 6.92 Å². The van der Waals surface area contributed by atoms with E-state index < -0.39 is 5.97 Å². The Morgan fingerprint density at radius 3 is 1.40 bits per heavy atom. The van der Waals surface area contributed by atoms with Crippen molar-refractivity contribution in [3.05, 3.63) is 163 Å². The van der Waals surface area contributed by atoms with Gasteiger partial charge in [0.15, 0.2) is 11.6 Å². The van der Waals surface area contributed by atoms with E-state index in [0.29, 0.717) is 39.5 Å². The van der Waals surface area contributed by atoms with Gasteiger partial charge in [-0.05, 0) is 89.4 Å². The van der Waals surface area contributed by atoms with Crippen LogP contribution in [-0.4, -0.2) is 24.3 Å². The van der Waals surface area contributed by atoms with Crippen molar-refractivity contribution in [1.29, 1.82) is 0 Å². The molecule has 0 unspecified atom stereocenters. The van der Waals surface area contributed by atoms with Crippen LogP contribution in [0, 0.1) is 6.92 Å². The predicted molar refractivity (Wildman–Crippen MR) is 175 cm³/mol. The van der Waals surface area contributed by atoms with Crippen LogP contribution in [0.3, 0.4) is 0 Å². The lowest BCUT2D eigenvalue weighted by Crippen LogP contribution is -2.11. The van der Waals surface area contributed by atoms with Crippen LogP contribution in [0.2, 0.25) is 0 Å². The highest BCUT2D eigenvalue weighted by Gasteiger charge is 2.13. The van der Waals surface area contributed by atoms with E-state index in [0.717, 1.165) is 22.3 Å². The average molecular weight is 595 g/mol. The highest BCUT2D eigenvalue weighted by atomic mass is 16.7. The van der Waals surface area contributed by atoms with E-state index in [1.807, 2.05) is 67.6 Å². The zero-order valence-electron chi connectivity index (χ0n) is 24.7. The number of aryl methyl sites for hydroxylation is 1. The average Bonchev–Trinajstić information content (AvgIpc) is 3.08. The summed E-state index contributed by atoms with van der Waals surface area (Å²) in [7, 11) is 0. The fourth-order valence-electron chi connectivity index (χ4n) is 4.63. The number of hydrogen-bond donors (Lipinski definition) is 0. The third-order valence-corrected chi connectivity index (χ3v) is 7.16. The van der Waals surface area contributed by atoms with Gasteiger partial charge in [0.05, 0.1) is 5.56 Å². The van der Waals surface area contributed by atoms with Gasteiger partial charge in [0.2, 0.25) is 6.79 Å². The fraction of sp³-hybridized carbons (Fsp3) is 0.0513. The summed E-state index contributed by atoms with van der Waals surface area (Å²) in [6.45, 7) is 8.83. The first-order valence-electron chi connectivity index (χ1n) is 14.2. The number of ether oxygens (including phenoxy) is 3. The number of carbonyl (C=O) groups excluding carboxylic acids is 3. The molecule has 0 aliphatic heterocycles. The Hall–Kier alpha value is -6.01. The largest absolute Gasteiger partial charge is 0.458 e. The summed E-state index contributed by atoms with van der Waals surface area (Å²) in [6, 6.07) is 34.4. The van der Waals surface area contributed by atoms with Crippen molar-refractivity contribution in [2.75, 3.05) is 6.79 Å². The molecule has 0 aromatic heterocycles. The lowest BCUT2D eigenvalue weighted by atomic mass is 10.0. The molecular weight excluding hydrogens is 564 g/mol. The zero-order valence-corrected chi connectivity index (χ0v) is 24.7. The quantitative estimate of drug-likeness (QED) is 0.0473. The number of carbonyl (C=O) groups is 3. The van der Waals surface area contributed by atoms with E-state index in [4.69, 9.17) is 14.2 Å². The van der Waals surface area contributed by atoms with E-state index in [9.17, 15) is 14.4 Å². The molecule has 0 radical (unpaired) electrons. The molecule has 0 amide bonds. The minimum Gasteiger partial charge on any atom is -0.458 e. The second-order valence-corrected chi connectivity index (χ2v) is 10.1. The molecule has 0 saturated heterocycles. The molecule has 0 saturated carbocycles. The topological polar surface area (TPSA) is 78.9 Å². The molecule has 6 heteroatoms. The molecule has 222 valence electrons. The molecule has 0 bridgehead atoms. The van der Waals surface area contributed by atoms with Gasteiger partial charge in [-0.25, -0.2) is 4.79 Å². The van der Waals surface area contributed by atoms with Gasteiger partial charge < -0.3 is 14.2 Å². The molecule has 5 rings (SSSR count). The SMILES string of the molecule is C=CC(=O)c1ccc(-c2ccc(OCOc3ccc(C(=O)Oc4ccc(-c5ccc(C(=O)C=C)cc5)cc4)c(C)c3)cc2)cc1. The fourth-order valence-corrected chi connectivity index (χ4v) is 4.63. The molecule has 5 aromatic carbocycles. The Morgan fingerprint density at radius 2 is 0.956 bits per heavy atom. The van der Waals surface area contributed by atoms with Crippen LogP contribution in [0.25, 0.3) is 22.3 Å². The van der Waals surface area contributed by atoms with Gasteiger partial charge >= 0.3 is 5.97 Å². The summed E-state index contributed by atoms with van der Waals surface area (Å²) >= 11 is 0. The standard InChI is InChI=1S/C39H30O6/c1-4-37(40)31-10-6-27(7-11-31)29-14-18-33(19-15-29)43-25-44-35-22-23-36(26(3)24-35)39(42)45-34-20-16-30(17-21-34)28-8-12-32(13-9-28)38(41)5-2/h4-24H,1-2,25H2,3H3. The highest BCUT2D eigenvalue weighted by molar-refractivity contribution is 6.05. The predicted octanol–water partition coefficient (Wildman–Crippen LogP) is 8.70. The molecule has 5 aromatic rings. The first-order chi connectivity index (χ1) is 21.8. The van der Waals surface area contributed by atoms with Crippen LogP contribution in [0.15, 0.2) is 141 Å². The van der Waals surface area contributed by atoms with Crippen molar-refractivity contribution in [2.24, 2.45) is 0 Å². The van der Waals surface area contributed by atoms with Crippen LogP contribution in [0.4, 0.5) is 0 Å². The second kappa shape index (κ2) is 14.0. The smallest absolute Gasteiger partial charge is 0.343 e. The highest BCUT2D eigenvalue weighted by Crippen LogP contribution is 2.26. The first kappa shape index (κ1) is 30.4. The van der Waals surface area contributed by atoms with Crippen LogP contribution < -0.4 is 14.2 Å². The molecule has 0 fully saturated rings. The second-order valence-electron chi connectivity index (χ2n) is 10.1. The Kier molecular flexibility index (Phi) is 9.46. The van der Waals surface area contributed by atoms with E-state index in [2.05, 4.69) is 13.2 Å². The minimum absolute atomic E-state index is 0.0133. The van der Waals surface area contributed by atoms with E-state index in [1.165, 1.54) is 12.2 Å². The van der Waals surface area contributed by atoms with Crippen molar-refractivity contribution in [1.82, 2.24) is 0 Å². The lowest BCUT2D eigenvalue weighted by Gasteiger charge is -2.12. The summed E-state index contributed by atoms with van der Waals surface area (Å²) in [6.07, 6.45) is 2.59. The maximum absolute atomic E-state index is 12.9. The van der Waals surface area contributed by atoms with Gasteiger partial charge in [-0.3, -0.25) is 9.59 Å². The molecule has 45 heavy (non-hydrogen) atoms. The van der Waals surface area contributed by atoms with Gasteiger partial charge in [0, 0.05) is 11.1 Å². The van der Waals surface area contributed by atoms with Crippen LogP contribution in [0.5, 0.6) is 17.2 Å². The van der Waals surface area contributed by atoms with Gasteiger partial charge in [0.25, 0.3) is 0 Å². The number of esters is 1. The number of ketones is 2. The third kappa shape index (κ3) is 7.50. The summed E-state index contributed by atoms with van der Waals surface area (Å²) < 4.78 is 17.1. The van der Waals surface area contributed by atoms with Crippen molar-refractivity contribution < 1.29 is 28.6 Å². The van der Waals surface area contributed by atoms with Crippen molar-refractivity contribution in [3.8, 4) is 39.5 Å². The van der Waals surface area contributed by atoms with Gasteiger partial charge in [0.1, 0.15) is 17.2 Å². The van der Waals surface area contributed by atoms with E-state index >= 15 is 0 Å². The number of allylic oxidation sites excluding steroid dienone is 2. The summed E-state index contributed by atoms with van der Waals surface area (Å²) in [4.78, 5) is 36.4. The van der Waals surface area contributed by atoms with E-state index in [-0.39, 0.29) is 18.4 Å². The van der Waals surface area contributed by atoms with E-state index in [1.54, 1.807) is 54.6 Å². The Balaban J connectivity index is 1.13. The van der Waals surface area contributed by atoms with Gasteiger partial charge in [-0.2, -0.15) is 0 Å². The maximum atomic E-state index is 12.9.